The zero-order valence-electron chi connectivity index (χ0n) is 14.2. The molecular formula is C17H27N3O3. The van der Waals surface area contributed by atoms with E-state index >= 15 is 0 Å². The average molecular weight is 321 g/mol. The SMILES string of the molecule is CN=C(NCCC1CCCO1)NCc1ccc(OC)cc1OC. The van der Waals surface area contributed by atoms with E-state index in [0.717, 1.165) is 49.0 Å². The van der Waals surface area contributed by atoms with Gasteiger partial charge >= 0.3 is 0 Å². The molecule has 0 saturated carbocycles. The summed E-state index contributed by atoms with van der Waals surface area (Å²) in [5, 5.41) is 6.62. The Bertz CT molecular complexity index is 514. The molecule has 1 atom stereocenters. The van der Waals surface area contributed by atoms with Gasteiger partial charge in [0.05, 0.1) is 20.3 Å². The van der Waals surface area contributed by atoms with Gasteiger partial charge in [0.15, 0.2) is 5.96 Å². The number of ether oxygens (including phenoxy) is 3. The Kier molecular flexibility index (Phi) is 7.00. The first kappa shape index (κ1) is 17.4. The number of guanidine groups is 1. The highest BCUT2D eigenvalue weighted by Crippen LogP contribution is 2.24. The van der Waals surface area contributed by atoms with Crippen LogP contribution in [0.25, 0.3) is 0 Å². The summed E-state index contributed by atoms with van der Waals surface area (Å²) in [7, 11) is 5.08. The molecule has 1 aliphatic heterocycles. The molecule has 23 heavy (non-hydrogen) atoms. The van der Waals surface area contributed by atoms with Crippen LogP contribution in [0.2, 0.25) is 0 Å². The number of nitrogens with one attached hydrogen (secondary N) is 2. The maximum Gasteiger partial charge on any atom is 0.191 e. The fourth-order valence-corrected chi connectivity index (χ4v) is 2.62. The third-order valence-corrected chi connectivity index (χ3v) is 3.95. The minimum Gasteiger partial charge on any atom is -0.497 e. The van der Waals surface area contributed by atoms with E-state index in [-0.39, 0.29) is 0 Å². The first-order valence-corrected chi connectivity index (χ1v) is 8.04. The first-order chi connectivity index (χ1) is 11.3. The normalized spacial score (nSPS) is 17.9. The van der Waals surface area contributed by atoms with E-state index in [4.69, 9.17) is 14.2 Å². The fraction of sp³-hybridized carbons (Fsp3) is 0.588. The zero-order valence-corrected chi connectivity index (χ0v) is 14.2. The monoisotopic (exact) mass is 321 g/mol. The van der Waals surface area contributed by atoms with E-state index in [9.17, 15) is 0 Å². The van der Waals surface area contributed by atoms with E-state index < -0.39 is 0 Å². The summed E-state index contributed by atoms with van der Waals surface area (Å²) in [5.41, 5.74) is 1.05. The van der Waals surface area contributed by atoms with Crippen molar-refractivity contribution in [2.45, 2.75) is 31.9 Å². The van der Waals surface area contributed by atoms with Crippen LogP contribution in [0.1, 0.15) is 24.8 Å². The Hall–Kier alpha value is -1.95. The summed E-state index contributed by atoms with van der Waals surface area (Å²) in [6, 6.07) is 5.79. The van der Waals surface area contributed by atoms with E-state index in [1.54, 1.807) is 21.3 Å². The van der Waals surface area contributed by atoms with Crippen molar-refractivity contribution >= 4 is 5.96 Å². The number of methoxy groups -OCH3 is 2. The molecule has 0 bridgehead atoms. The van der Waals surface area contributed by atoms with Crippen LogP contribution in [0.15, 0.2) is 23.2 Å². The van der Waals surface area contributed by atoms with Crippen LogP contribution in [0.4, 0.5) is 0 Å². The molecule has 0 aromatic heterocycles. The summed E-state index contributed by atoms with van der Waals surface area (Å²) in [6.45, 7) is 2.38. The van der Waals surface area contributed by atoms with Crippen molar-refractivity contribution in [1.29, 1.82) is 0 Å². The quantitative estimate of drug-likeness (QED) is 0.593. The molecule has 1 aromatic carbocycles. The smallest absolute Gasteiger partial charge is 0.191 e. The molecule has 1 aromatic rings. The molecule has 1 fully saturated rings. The molecule has 0 amide bonds. The second kappa shape index (κ2) is 9.25. The Morgan fingerprint density at radius 2 is 2.17 bits per heavy atom. The lowest BCUT2D eigenvalue weighted by molar-refractivity contribution is 0.105. The Labute approximate surface area is 138 Å². The van der Waals surface area contributed by atoms with Gasteiger partial charge in [-0.05, 0) is 31.4 Å². The van der Waals surface area contributed by atoms with Crippen molar-refractivity contribution in [3.8, 4) is 11.5 Å². The molecule has 6 nitrogen and oxygen atoms in total. The second-order valence-corrected chi connectivity index (χ2v) is 5.45. The van der Waals surface area contributed by atoms with Gasteiger partial charge in [-0.2, -0.15) is 0 Å². The van der Waals surface area contributed by atoms with E-state index in [1.807, 2.05) is 18.2 Å². The number of benzene rings is 1. The highest BCUT2D eigenvalue weighted by molar-refractivity contribution is 5.79. The van der Waals surface area contributed by atoms with Crippen LogP contribution < -0.4 is 20.1 Å². The molecule has 128 valence electrons. The maximum atomic E-state index is 5.62. The van der Waals surface area contributed by atoms with Gasteiger partial charge in [-0.3, -0.25) is 4.99 Å². The van der Waals surface area contributed by atoms with Crippen LogP contribution in [-0.2, 0) is 11.3 Å². The van der Waals surface area contributed by atoms with E-state index in [0.29, 0.717) is 12.6 Å². The van der Waals surface area contributed by atoms with Gasteiger partial charge in [0.2, 0.25) is 0 Å². The number of hydrogen-bond donors (Lipinski definition) is 2. The molecule has 2 N–H and O–H groups in total. The minimum absolute atomic E-state index is 0.391. The summed E-state index contributed by atoms with van der Waals surface area (Å²) in [6.07, 6.45) is 3.74. The van der Waals surface area contributed by atoms with Crippen molar-refractivity contribution < 1.29 is 14.2 Å². The van der Waals surface area contributed by atoms with Gasteiger partial charge in [-0.1, -0.05) is 0 Å². The largest absolute Gasteiger partial charge is 0.497 e. The summed E-state index contributed by atoms with van der Waals surface area (Å²) in [5.74, 6) is 2.36. The molecule has 0 radical (unpaired) electrons. The topological polar surface area (TPSA) is 64.1 Å². The van der Waals surface area contributed by atoms with Crippen molar-refractivity contribution in [3.05, 3.63) is 23.8 Å². The molecule has 1 saturated heterocycles. The maximum absolute atomic E-state index is 5.62. The minimum atomic E-state index is 0.391. The predicted octanol–water partition coefficient (Wildman–Crippen LogP) is 1.94. The Balaban J connectivity index is 1.80. The highest BCUT2D eigenvalue weighted by Gasteiger charge is 2.14. The molecule has 0 aliphatic carbocycles. The van der Waals surface area contributed by atoms with Crippen molar-refractivity contribution in [2.24, 2.45) is 4.99 Å². The lowest BCUT2D eigenvalue weighted by Crippen LogP contribution is -2.38. The zero-order chi connectivity index (χ0) is 16.5. The van der Waals surface area contributed by atoms with Gasteiger partial charge in [-0.25, -0.2) is 0 Å². The third kappa shape index (κ3) is 5.32. The molecule has 6 heteroatoms. The van der Waals surface area contributed by atoms with E-state index in [1.165, 1.54) is 6.42 Å². The predicted molar refractivity (Wildman–Crippen MR) is 91.3 cm³/mol. The van der Waals surface area contributed by atoms with Crippen LogP contribution in [0.5, 0.6) is 11.5 Å². The average Bonchev–Trinajstić information content (AvgIpc) is 3.11. The van der Waals surface area contributed by atoms with Crippen molar-refractivity contribution in [3.63, 3.8) is 0 Å². The lowest BCUT2D eigenvalue weighted by atomic mass is 10.2. The highest BCUT2D eigenvalue weighted by atomic mass is 16.5. The summed E-state index contributed by atoms with van der Waals surface area (Å²) in [4.78, 5) is 4.24. The summed E-state index contributed by atoms with van der Waals surface area (Å²) < 4.78 is 16.2. The van der Waals surface area contributed by atoms with Crippen LogP contribution in [0.3, 0.4) is 0 Å². The second-order valence-electron chi connectivity index (χ2n) is 5.45. The van der Waals surface area contributed by atoms with E-state index in [2.05, 4.69) is 15.6 Å². The number of nitrogens with zero attached hydrogens (tertiary/aromatic N) is 1. The third-order valence-electron chi connectivity index (χ3n) is 3.95. The van der Waals surface area contributed by atoms with Gasteiger partial charge in [0.1, 0.15) is 11.5 Å². The standard InChI is InChI=1S/C17H27N3O3/c1-18-17(19-9-8-14-5-4-10-23-14)20-12-13-6-7-15(21-2)11-16(13)22-3/h6-7,11,14H,4-5,8-10,12H2,1-3H3,(H2,18,19,20). The molecule has 1 heterocycles. The van der Waals surface area contributed by atoms with Crippen LogP contribution >= 0.6 is 0 Å². The Morgan fingerprint density at radius 1 is 1.30 bits per heavy atom. The van der Waals surface area contributed by atoms with Gasteiger partial charge in [0, 0.05) is 38.4 Å². The molecule has 2 rings (SSSR count). The summed E-state index contributed by atoms with van der Waals surface area (Å²) >= 11 is 0. The Morgan fingerprint density at radius 3 is 2.83 bits per heavy atom. The van der Waals surface area contributed by atoms with Gasteiger partial charge in [0.25, 0.3) is 0 Å². The van der Waals surface area contributed by atoms with Crippen molar-refractivity contribution in [1.82, 2.24) is 10.6 Å². The number of aliphatic imine (C=N–C) groups is 1. The fourth-order valence-electron chi connectivity index (χ4n) is 2.62. The number of rotatable bonds is 7. The van der Waals surface area contributed by atoms with Gasteiger partial charge in [-0.15, -0.1) is 0 Å². The van der Waals surface area contributed by atoms with Crippen LogP contribution in [-0.4, -0.2) is 46.5 Å². The first-order valence-electron chi connectivity index (χ1n) is 8.04. The lowest BCUT2D eigenvalue weighted by Gasteiger charge is -2.15. The molecule has 1 unspecified atom stereocenters. The molecular weight excluding hydrogens is 294 g/mol. The van der Waals surface area contributed by atoms with Crippen molar-refractivity contribution in [2.75, 3.05) is 34.4 Å². The van der Waals surface area contributed by atoms with Gasteiger partial charge < -0.3 is 24.8 Å². The van der Waals surface area contributed by atoms with Crippen LogP contribution in [0, 0.1) is 0 Å². The molecule has 0 spiro atoms. The molecule has 1 aliphatic rings. The number of hydrogen-bond acceptors (Lipinski definition) is 4.